The highest BCUT2D eigenvalue weighted by molar-refractivity contribution is 6.74. The molecule has 0 spiro atoms. The molecule has 0 aliphatic heterocycles. The highest BCUT2D eigenvalue weighted by Crippen LogP contribution is 2.38. The van der Waals surface area contributed by atoms with Crippen LogP contribution in [-0.4, -0.2) is 32.6 Å². The second kappa shape index (κ2) is 9.49. The lowest BCUT2D eigenvalue weighted by atomic mass is 10.1. The van der Waals surface area contributed by atoms with Crippen LogP contribution in [0.1, 0.15) is 32.8 Å². The number of benzene rings is 1. The molecule has 0 radical (unpaired) electrons. The molecule has 7 heteroatoms. The number of esters is 1. The zero-order chi connectivity index (χ0) is 20.7. The van der Waals surface area contributed by atoms with Gasteiger partial charge in [0.2, 0.25) is 5.39 Å². The topological polar surface area (TPSA) is 83.9 Å². The summed E-state index contributed by atoms with van der Waals surface area (Å²) in [6, 6.07) is 9.71. The predicted octanol–water partition coefficient (Wildman–Crippen LogP) is 5.28. The Morgan fingerprint density at radius 2 is 1.89 bits per heavy atom. The first-order valence-electron chi connectivity index (χ1n) is 8.78. The maximum atomic E-state index is 11.6. The molecule has 0 bridgehead atoms. The third-order valence-corrected chi connectivity index (χ3v) is 9.21. The molecule has 0 saturated heterocycles. The van der Waals surface area contributed by atoms with Gasteiger partial charge >= 0.3 is 11.7 Å². The van der Waals surface area contributed by atoms with Crippen molar-refractivity contribution >= 4 is 20.4 Å². The molecule has 1 unspecified atom stereocenters. The first kappa shape index (κ1) is 22.6. The third kappa shape index (κ3) is 6.66. The van der Waals surface area contributed by atoms with Crippen LogP contribution in [0.15, 0.2) is 47.9 Å². The summed E-state index contributed by atoms with van der Waals surface area (Å²) in [4.78, 5) is 14.5. The summed E-state index contributed by atoms with van der Waals surface area (Å²) in [5, 5.41) is 19.3. The van der Waals surface area contributed by atoms with E-state index in [9.17, 15) is 9.90 Å². The van der Waals surface area contributed by atoms with Crippen molar-refractivity contribution in [2.45, 2.75) is 51.4 Å². The molecule has 0 aliphatic rings. The van der Waals surface area contributed by atoms with E-state index in [0.717, 1.165) is 12.7 Å². The Labute approximate surface area is 162 Å². The Morgan fingerprint density at radius 1 is 1.30 bits per heavy atom. The predicted molar refractivity (Wildman–Crippen MR) is 109 cm³/mol. The van der Waals surface area contributed by atoms with E-state index >= 15 is 0 Å². The van der Waals surface area contributed by atoms with E-state index in [1.54, 1.807) is 0 Å². The van der Waals surface area contributed by atoms with Gasteiger partial charge in [-0.3, -0.25) is 0 Å². The molecule has 0 heterocycles. The van der Waals surface area contributed by atoms with Gasteiger partial charge in [-0.05, 0) is 23.7 Å². The van der Waals surface area contributed by atoms with Gasteiger partial charge in [0.05, 0.1) is 13.2 Å². The SMILES string of the molecule is COC(=O)/C([N+]#N)=C(/O)CC(/C=C/c1ccccc1)O[Si](C)(C)C(C)(C)C. The number of hydrogen-bond donors (Lipinski definition) is 1. The molecule has 0 fully saturated rings. The molecule has 1 aromatic rings. The number of methoxy groups -OCH3 is 1. The second-order valence-electron chi connectivity index (χ2n) is 7.78. The first-order valence-corrected chi connectivity index (χ1v) is 11.7. The summed E-state index contributed by atoms with van der Waals surface area (Å²) >= 11 is 0. The molecule has 0 amide bonds. The van der Waals surface area contributed by atoms with E-state index in [-0.39, 0.29) is 17.2 Å². The van der Waals surface area contributed by atoms with Crippen LogP contribution in [0.25, 0.3) is 11.1 Å². The molecule has 1 rings (SSSR count). The lowest BCUT2D eigenvalue weighted by Crippen LogP contribution is -2.43. The van der Waals surface area contributed by atoms with Crippen molar-refractivity contribution in [2.24, 2.45) is 0 Å². The molecule has 6 nitrogen and oxygen atoms in total. The molecule has 1 atom stereocenters. The molecule has 0 saturated carbocycles. The van der Waals surface area contributed by atoms with E-state index in [1.165, 1.54) is 0 Å². The molecular formula is C20H29N2O4Si+. The van der Waals surface area contributed by atoms with E-state index in [2.05, 4.69) is 43.6 Å². The maximum absolute atomic E-state index is 11.6. The summed E-state index contributed by atoms with van der Waals surface area (Å²) in [5.74, 6) is -1.29. The Hall–Kier alpha value is -2.43. The van der Waals surface area contributed by atoms with E-state index in [0.29, 0.717) is 0 Å². The summed E-state index contributed by atoms with van der Waals surface area (Å²) < 4.78 is 10.9. The van der Waals surface area contributed by atoms with Gasteiger partial charge in [0.1, 0.15) is 0 Å². The smallest absolute Gasteiger partial charge is 0.505 e. The van der Waals surface area contributed by atoms with Crippen molar-refractivity contribution in [1.29, 1.82) is 5.39 Å². The standard InChI is InChI=1S/C20H28N2O4Si/c1-20(2,3)27(5,6)26-16(13-12-15-10-8-7-9-11-15)14-17(23)18(22-21)19(24)25-4/h7-13,16H,14H2,1-6H3/p+1/b13-12+. The number of nitrogens with zero attached hydrogens (tertiary/aromatic N) is 2. The van der Waals surface area contributed by atoms with E-state index < -0.39 is 26.1 Å². The van der Waals surface area contributed by atoms with E-state index in [1.807, 2.05) is 42.5 Å². The van der Waals surface area contributed by atoms with Gasteiger partial charge in [-0.15, -0.1) is 0 Å². The lowest BCUT2D eigenvalue weighted by molar-refractivity contribution is -0.136. The Balaban J connectivity index is 3.18. The fraction of sp³-hybridized carbons (Fsp3) is 0.450. The minimum atomic E-state index is -2.15. The maximum Gasteiger partial charge on any atom is 0.505 e. The van der Waals surface area contributed by atoms with E-state index in [4.69, 9.17) is 9.82 Å². The van der Waals surface area contributed by atoms with Crippen molar-refractivity contribution in [3.63, 3.8) is 0 Å². The van der Waals surface area contributed by atoms with Crippen LogP contribution in [0.4, 0.5) is 0 Å². The second-order valence-corrected chi connectivity index (χ2v) is 12.5. The van der Waals surface area contributed by atoms with Gasteiger partial charge in [0.25, 0.3) is 0 Å². The summed E-state index contributed by atoms with van der Waals surface area (Å²) in [6.45, 7) is 10.6. The number of aliphatic hydroxyl groups is 1. The number of hydrogen-bond acceptors (Lipinski definition) is 5. The fourth-order valence-electron chi connectivity index (χ4n) is 2.09. The minimum absolute atomic E-state index is 0.00959. The van der Waals surface area contributed by atoms with Crippen LogP contribution in [0.5, 0.6) is 0 Å². The summed E-state index contributed by atoms with van der Waals surface area (Å²) in [7, 11) is -0.995. The van der Waals surface area contributed by atoms with Crippen LogP contribution >= 0.6 is 0 Å². The normalized spacial score (nSPS) is 14.4. The van der Waals surface area contributed by atoms with Crippen molar-refractivity contribution in [1.82, 2.24) is 0 Å². The number of ether oxygens (including phenoxy) is 1. The van der Waals surface area contributed by atoms with Crippen LogP contribution in [-0.2, 0) is 14.0 Å². The first-order chi connectivity index (χ1) is 12.5. The third-order valence-electron chi connectivity index (χ3n) is 4.70. The highest BCUT2D eigenvalue weighted by Gasteiger charge is 2.40. The van der Waals surface area contributed by atoms with Crippen molar-refractivity contribution in [2.75, 3.05) is 7.11 Å². The van der Waals surface area contributed by atoms with Crippen LogP contribution in [0, 0.1) is 5.39 Å². The summed E-state index contributed by atoms with van der Waals surface area (Å²) in [5.41, 5.74) is 0.472. The van der Waals surface area contributed by atoms with Gasteiger partial charge in [0.15, 0.2) is 19.1 Å². The molecule has 27 heavy (non-hydrogen) atoms. The van der Waals surface area contributed by atoms with Crippen molar-refractivity contribution in [3.8, 4) is 0 Å². The zero-order valence-corrected chi connectivity index (χ0v) is 17.9. The Kier molecular flexibility index (Phi) is 7.94. The number of carbonyl (C=O) groups is 1. The monoisotopic (exact) mass is 389 g/mol. The van der Waals surface area contributed by atoms with Gasteiger partial charge in [-0.2, -0.15) is 0 Å². The molecule has 0 aromatic heterocycles. The van der Waals surface area contributed by atoms with Crippen LogP contribution in [0.3, 0.4) is 0 Å². The van der Waals surface area contributed by atoms with Crippen LogP contribution in [0.2, 0.25) is 18.1 Å². The van der Waals surface area contributed by atoms with Gasteiger partial charge < -0.3 is 14.3 Å². The highest BCUT2D eigenvalue weighted by atomic mass is 28.4. The van der Waals surface area contributed by atoms with Gasteiger partial charge in [-0.1, -0.05) is 63.3 Å². The van der Waals surface area contributed by atoms with Crippen LogP contribution < -0.4 is 0 Å². The molecule has 1 N–H and O–H groups in total. The quantitative estimate of drug-likeness (QED) is 0.226. The molecule has 1 aromatic carbocycles. The Bertz CT molecular complexity index is 743. The number of diazo groups is 1. The van der Waals surface area contributed by atoms with Gasteiger partial charge in [0, 0.05) is 6.42 Å². The number of aliphatic hydroxyl groups excluding tert-OH is 1. The average Bonchev–Trinajstić information content (AvgIpc) is 2.59. The van der Waals surface area contributed by atoms with Crippen molar-refractivity contribution in [3.05, 3.63) is 58.4 Å². The van der Waals surface area contributed by atoms with Crippen molar-refractivity contribution < 1.29 is 19.1 Å². The average molecular weight is 390 g/mol. The molecule has 146 valence electrons. The zero-order valence-electron chi connectivity index (χ0n) is 16.9. The lowest BCUT2D eigenvalue weighted by Gasteiger charge is -2.38. The molecular weight excluding hydrogens is 360 g/mol. The molecule has 0 aliphatic carbocycles. The fourth-order valence-corrected chi connectivity index (χ4v) is 3.36. The largest absolute Gasteiger partial charge is 0.505 e. The number of carbonyl (C=O) groups excluding carboxylic acids is 1. The summed E-state index contributed by atoms with van der Waals surface area (Å²) in [6.07, 6.45) is 3.24. The minimum Gasteiger partial charge on any atom is -0.505 e. The van der Waals surface area contributed by atoms with Gasteiger partial charge in [-0.25, -0.2) is 4.79 Å². The number of rotatable bonds is 7. The Morgan fingerprint density at radius 3 is 2.37 bits per heavy atom.